The van der Waals surface area contributed by atoms with E-state index in [9.17, 15) is 13.2 Å². The molecule has 1 aromatic carbocycles. The van der Waals surface area contributed by atoms with Gasteiger partial charge in [0.2, 0.25) is 0 Å². The predicted octanol–water partition coefficient (Wildman–Crippen LogP) is 3.66. The minimum atomic E-state index is -4.50. The number of pyridine rings is 1. The van der Waals surface area contributed by atoms with Crippen LogP contribution in [0, 0.1) is 0 Å². The normalized spacial score (nSPS) is 11.9. The van der Waals surface area contributed by atoms with E-state index in [-0.39, 0.29) is 5.75 Å². The maximum absolute atomic E-state index is 13.1. The van der Waals surface area contributed by atoms with Crippen molar-refractivity contribution in [1.29, 1.82) is 0 Å². The summed E-state index contributed by atoms with van der Waals surface area (Å²) in [5.41, 5.74) is 0.801. The molecule has 0 aliphatic carbocycles. The van der Waals surface area contributed by atoms with Gasteiger partial charge in [-0.05, 0) is 24.3 Å². The van der Waals surface area contributed by atoms with E-state index < -0.39 is 11.7 Å². The molecule has 0 bridgehead atoms. The Balaban J connectivity index is 2.24. The van der Waals surface area contributed by atoms with Gasteiger partial charge >= 0.3 is 6.18 Å². The first kappa shape index (κ1) is 14.4. The first-order valence-electron chi connectivity index (χ1n) is 6.44. The van der Waals surface area contributed by atoms with Crippen molar-refractivity contribution in [2.24, 2.45) is 7.05 Å². The number of methoxy groups -OCH3 is 1. The third kappa shape index (κ3) is 2.28. The molecule has 4 nitrogen and oxygen atoms in total. The van der Waals surface area contributed by atoms with E-state index in [2.05, 4.69) is 10.1 Å². The standard InChI is InChI=1S/C15H12F3N3O/c1-21-12-5-6-19-8-10(12)14(20-21)9-3-4-13(22-2)11(7-9)15(16,17)18/h3-8H,1-2H3. The third-order valence-corrected chi connectivity index (χ3v) is 3.43. The Morgan fingerprint density at radius 2 is 1.95 bits per heavy atom. The van der Waals surface area contributed by atoms with Crippen molar-refractivity contribution < 1.29 is 17.9 Å². The van der Waals surface area contributed by atoms with Crippen molar-refractivity contribution in [3.8, 4) is 17.0 Å². The van der Waals surface area contributed by atoms with Crippen LogP contribution in [0.5, 0.6) is 5.75 Å². The summed E-state index contributed by atoms with van der Waals surface area (Å²) in [5, 5.41) is 5.00. The lowest BCUT2D eigenvalue weighted by Gasteiger charge is -2.12. The second-order valence-electron chi connectivity index (χ2n) is 4.78. The summed E-state index contributed by atoms with van der Waals surface area (Å²) >= 11 is 0. The van der Waals surface area contributed by atoms with Crippen LogP contribution >= 0.6 is 0 Å². The summed E-state index contributed by atoms with van der Waals surface area (Å²) in [6.45, 7) is 0. The molecule has 0 saturated carbocycles. The third-order valence-electron chi connectivity index (χ3n) is 3.43. The van der Waals surface area contributed by atoms with Crippen LogP contribution in [0.4, 0.5) is 13.2 Å². The fourth-order valence-corrected chi connectivity index (χ4v) is 2.40. The fraction of sp³-hybridized carbons (Fsp3) is 0.200. The molecular formula is C15H12F3N3O. The van der Waals surface area contributed by atoms with Crippen LogP contribution in [0.2, 0.25) is 0 Å². The summed E-state index contributed by atoms with van der Waals surface area (Å²) < 4.78 is 45.8. The predicted molar refractivity (Wildman–Crippen MR) is 75.5 cm³/mol. The zero-order chi connectivity index (χ0) is 15.9. The second kappa shape index (κ2) is 5.01. The molecule has 0 spiro atoms. The Kier molecular flexibility index (Phi) is 3.27. The number of aryl methyl sites for hydroxylation is 1. The van der Waals surface area contributed by atoms with Crippen LogP contribution in [0.3, 0.4) is 0 Å². The van der Waals surface area contributed by atoms with Crippen molar-refractivity contribution in [3.63, 3.8) is 0 Å². The highest BCUT2D eigenvalue weighted by molar-refractivity contribution is 5.92. The molecule has 114 valence electrons. The number of hydrogen-bond donors (Lipinski definition) is 0. The number of hydrogen-bond acceptors (Lipinski definition) is 3. The Labute approximate surface area is 124 Å². The number of benzene rings is 1. The highest BCUT2D eigenvalue weighted by Crippen LogP contribution is 2.39. The summed E-state index contributed by atoms with van der Waals surface area (Å²) in [7, 11) is 2.95. The second-order valence-corrected chi connectivity index (χ2v) is 4.78. The maximum Gasteiger partial charge on any atom is 0.419 e. The number of ether oxygens (including phenoxy) is 1. The largest absolute Gasteiger partial charge is 0.496 e. The molecule has 3 aromatic rings. The van der Waals surface area contributed by atoms with Crippen LogP contribution in [-0.4, -0.2) is 21.9 Å². The topological polar surface area (TPSA) is 39.9 Å². The monoisotopic (exact) mass is 307 g/mol. The molecule has 0 saturated heterocycles. The zero-order valence-electron chi connectivity index (χ0n) is 11.8. The van der Waals surface area contributed by atoms with Gasteiger partial charge in [0, 0.05) is 30.4 Å². The van der Waals surface area contributed by atoms with E-state index in [0.717, 1.165) is 11.6 Å². The van der Waals surface area contributed by atoms with Crippen molar-refractivity contribution in [2.45, 2.75) is 6.18 Å². The van der Waals surface area contributed by atoms with E-state index in [0.29, 0.717) is 16.6 Å². The van der Waals surface area contributed by atoms with Crippen LogP contribution < -0.4 is 4.74 Å². The molecule has 0 aliphatic heterocycles. The summed E-state index contributed by atoms with van der Waals surface area (Å²) in [6, 6.07) is 5.67. The van der Waals surface area contributed by atoms with Crippen molar-refractivity contribution >= 4 is 10.9 Å². The highest BCUT2D eigenvalue weighted by Gasteiger charge is 2.34. The Morgan fingerprint density at radius 3 is 2.64 bits per heavy atom. The minimum absolute atomic E-state index is 0.213. The van der Waals surface area contributed by atoms with Crippen molar-refractivity contribution in [3.05, 3.63) is 42.2 Å². The van der Waals surface area contributed by atoms with E-state index >= 15 is 0 Å². The molecule has 0 fully saturated rings. The number of alkyl halides is 3. The molecule has 0 N–H and O–H groups in total. The van der Waals surface area contributed by atoms with E-state index in [1.54, 1.807) is 36.3 Å². The van der Waals surface area contributed by atoms with Crippen LogP contribution in [-0.2, 0) is 13.2 Å². The van der Waals surface area contributed by atoms with Gasteiger partial charge in [0.05, 0.1) is 18.2 Å². The first-order valence-corrected chi connectivity index (χ1v) is 6.44. The lowest BCUT2D eigenvalue weighted by atomic mass is 10.0. The van der Waals surface area contributed by atoms with Crippen molar-refractivity contribution in [2.75, 3.05) is 7.11 Å². The van der Waals surface area contributed by atoms with Gasteiger partial charge in [-0.2, -0.15) is 18.3 Å². The van der Waals surface area contributed by atoms with Crippen molar-refractivity contribution in [1.82, 2.24) is 14.8 Å². The lowest BCUT2D eigenvalue weighted by molar-refractivity contribution is -0.138. The average molecular weight is 307 g/mol. The Hall–Kier alpha value is -2.57. The molecule has 22 heavy (non-hydrogen) atoms. The Morgan fingerprint density at radius 1 is 1.18 bits per heavy atom. The van der Waals surface area contributed by atoms with E-state index in [4.69, 9.17) is 4.74 Å². The fourth-order valence-electron chi connectivity index (χ4n) is 2.40. The molecule has 0 radical (unpaired) electrons. The van der Waals surface area contributed by atoms with Gasteiger partial charge in [0.25, 0.3) is 0 Å². The molecule has 3 rings (SSSR count). The SMILES string of the molecule is COc1ccc(-c2nn(C)c3ccncc23)cc1C(F)(F)F. The molecule has 7 heteroatoms. The van der Waals surface area contributed by atoms with Gasteiger partial charge in [-0.25, -0.2) is 0 Å². The summed E-state index contributed by atoms with van der Waals surface area (Å²) in [6.07, 6.45) is -1.29. The summed E-state index contributed by atoms with van der Waals surface area (Å²) in [4.78, 5) is 4.02. The number of halogens is 3. The molecule has 0 unspecified atom stereocenters. The molecule has 2 aromatic heterocycles. The lowest BCUT2D eigenvalue weighted by Crippen LogP contribution is -2.07. The van der Waals surface area contributed by atoms with Gasteiger partial charge in [-0.15, -0.1) is 0 Å². The summed E-state index contributed by atoms with van der Waals surface area (Å²) in [5.74, 6) is -0.213. The smallest absolute Gasteiger partial charge is 0.419 e. The van der Waals surface area contributed by atoms with Gasteiger partial charge in [-0.1, -0.05) is 0 Å². The molecule has 0 atom stereocenters. The molecule has 0 amide bonds. The Bertz CT molecular complexity index is 840. The van der Waals surface area contributed by atoms with E-state index in [1.807, 2.05) is 0 Å². The molecule has 0 aliphatic rings. The average Bonchev–Trinajstić information content (AvgIpc) is 2.83. The first-order chi connectivity index (χ1) is 10.4. The van der Waals surface area contributed by atoms with Crippen LogP contribution in [0.25, 0.3) is 22.2 Å². The number of fused-ring (bicyclic) bond motifs is 1. The maximum atomic E-state index is 13.1. The van der Waals surface area contributed by atoms with Gasteiger partial charge in [0.1, 0.15) is 11.4 Å². The highest BCUT2D eigenvalue weighted by atomic mass is 19.4. The molecular weight excluding hydrogens is 295 g/mol. The van der Waals surface area contributed by atoms with Crippen LogP contribution in [0.1, 0.15) is 5.56 Å². The van der Waals surface area contributed by atoms with Gasteiger partial charge < -0.3 is 4.74 Å². The quantitative estimate of drug-likeness (QED) is 0.725. The van der Waals surface area contributed by atoms with Gasteiger partial charge in [0.15, 0.2) is 0 Å². The number of nitrogens with zero attached hydrogens (tertiary/aromatic N) is 3. The molecule has 2 heterocycles. The van der Waals surface area contributed by atoms with E-state index in [1.165, 1.54) is 13.2 Å². The number of rotatable bonds is 2. The van der Waals surface area contributed by atoms with Crippen LogP contribution in [0.15, 0.2) is 36.7 Å². The number of aromatic nitrogens is 3. The van der Waals surface area contributed by atoms with Gasteiger partial charge in [-0.3, -0.25) is 9.67 Å². The minimum Gasteiger partial charge on any atom is -0.496 e. The zero-order valence-corrected chi connectivity index (χ0v) is 11.8.